The number of hydrogen-bond donors (Lipinski definition) is 0. The van der Waals surface area contributed by atoms with Crippen molar-refractivity contribution in [2.45, 2.75) is 45.7 Å². The molecule has 17 heavy (non-hydrogen) atoms. The van der Waals surface area contributed by atoms with E-state index >= 15 is 0 Å². The molecule has 0 bridgehead atoms. The van der Waals surface area contributed by atoms with Gasteiger partial charge in [-0.2, -0.15) is 5.26 Å². The Morgan fingerprint density at radius 1 is 1.35 bits per heavy atom. The maximum absolute atomic E-state index is 8.43. The Hall–Kier alpha value is -1.34. The summed E-state index contributed by atoms with van der Waals surface area (Å²) in [4.78, 5) is 0. The van der Waals surface area contributed by atoms with Crippen molar-refractivity contribution in [2.24, 2.45) is 0 Å². The summed E-state index contributed by atoms with van der Waals surface area (Å²) in [6, 6.07) is 2.17. The van der Waals surface area contributed by atoms with Gasteiger partial charge in [0.05, 0.1) is 19.2 Å². The van der Waals surface area contributed by atoms with Crippen LogP contribution in [0.2, 0.25) is 0 Å². The molecular weight excluding hydrogens is 214 g/mol. The number of hydrogen-bond acceptors (Lipinski definition) is 2. The highest BCUT2D eigenvalue weighted by molar-refractivity contribution is 4.68. The van der Waals surface area contributed by atoms with Crippen LogP contribution in [0.15, 0.2) is 18.7 Å². The average molecular weight is 236 g/mol. The Balaban J connectivity index is 2.16. The van der Waals surface area contributed by atoms with Gasteiger partial charge in [-0.1, -0.05) is 6.92 Å². The van der Waals surface area contributed by atoms with E-state index in [1.165, 1.54) is 0 Å². The van der Waals surface area contributed by atoms with Crippen molar-refractivity contribution in [2.75, 3.05) is 13.2 Å². The topological polar surface area (TPSA) is 41.8 Å². The van der Waals surface area contributed by atoms with Crippen molar-refractivity contribution >= 4 is 0 Å². The highest BCUT2D eigenvalue weighted by Gasteiger charge is 2.02. The molecule has 0 unspecified atom stereocenters. The molecule has 0 N–H and O–H groups in total. The number of aryl methyl sites for hydroxylation is 1. The van der Waals surface area contributed by atoms with E-state index in [0.717, 1.165) is 45.6 Å². The van der Waals surface area contributed by atoms with Crippen LogP contribution in [0.25, 0.3) is 0 Å². The quantitative estimate of drug-likeness (QED) is 0.485. The standard InChI is InChI=1S/C13H22N3O/c1-2-11-17-12-10-16-9-8-15(13-16)7-5-3-4-6-14/h8-9,13H,2-5,7,10-12H2,1H3/q+1. The van der Waals surface area contributed by atoms with Crippen molar-refractivity contribution < 1.29 is 9.30 Å². The fraction of sp³-hybridized carbons (Fsp3) is 0.692. The van der Waals surface area contributed by atoms with Crippen molar-refractivity contribution in [3.8, 4) is 6.07 Å². The Bertz CT molecular complexity index is 341. The fourth-order valence-corrected chi connectivity index (χ4v) is 1.62. The zero-order valence-electron chi connectivity index (χ0n) is 10.6. The first-order chi connectivity index (χ1) is 8.36. The summed E-state index contributed by atoms with van der Waals surface area (Å²) in [6.07, 6.45) is 10.0. The predicted molar refractivity (Wildman–Crippen MR) is 65.2 cm³/mol. The van der Waals surface area contributed by atoms with Gasteiger partial charge in [0.1, 0.15) is 18.9 Å². The largest absolute Gasteiger partial charge is 0.377 e. The van der Waals surface area contributed by atoms with Crippen LogP contribution in [0.4, 0.5) is 0 Å². The van der Waals surface area contributed by atoms with Crippen LogP contribution in [-0.4, -0.2) is 17.8 Å². The van der Waals surface area contributed by atoms with Crippen molar-refractivity contribution in [1.82, 2.24) is 4.57 Å². The summed E-state index contributed by atoms with van der Waals surface area (Å²) in [6.45, 7) is 5.63. The van der Waals surface area contributed by atoms with Crippen molar-refractivity contribution in [3.63, 3.8) is 0 Å². The Labute approximate surface area is 103 Å². The highest BCUT2D eigenvalue weighted by atomic mass is 16.5. The summed E-state index contributed by atoms with van der Waals surface area (Å²) in [5.74, 6) is 0. The molecule has 94 valence electrons. The van der Waals surface area contributed by atoms with E-state index in [2.05, 4.69) is 40.8 Å². The van der Waals surface area contributed by atoms with E-state index < -0.39 is 0 Å². The molecule has 0 spiro atoms. The third kappa shape index (κ3) is 6.08. The number of rotatable bonds is 9. The Morgan fingerprint density at radius 3 is 3.00 bits per heavy atom. The number of nitriles is 1. The predicted octanol–water partition coefficient (Wildman–Crippen LogP) is 1.90. The zero-order chi connectivity index (χ0) is 12.3. The van der Waals surface area contributed by atoms with Gasteiger partial charge in [0.25, 0.3) is 0 Å². The first-order valence-corrected chi connectivity index (χ1v) is 6.36. The maximum atomic E-state index is 8.43. The molecule has 0 amide bonds. The van der Waals surface area contributed by atoms with E-state index in [1.54, 1.807) is 0 Å². The van der Waals surface area contributed by atoms with Gasteiger partial charge in [-0.15, -0.1) is 0 Å². The molecule has 0 radical (unpaired) electrons. The number of ether oxygens (including phenoxy) is 1. The molecule has 0 aliphatic carbocycles. The fourth-order valence-electron chi connectivity index (χ4n) is 1.62. The smallest absolute Gasteiger partial charge is 0.243 e. The van der Waals surface area contributed by atoms with Gasteiger partial charge >= 0.3 is 0 Å². The van der Waals surface area contributed by atoms with Crippen LogP contribution < -0.4 is 4.57 Å². The van der Waals surface area contributed by atoms with E-state index in [4.69, 9.17) is 10.00 Å². The lowest BCUT2D eigenvalue weighted by Gasteiger charge is -1.99. The number of unbranched alkanes of at least 4 members (excludes halogenated alkanes) is 2. The van der Waals surface area contributed by atoms with Crippen molar-refractivity contribution in [1.29, 1.82) is 5.26 Å². The lowest BCUT2D eigenvalue weighted by molar-refractivity contribution is -0.696. The van der Waals surface area contributed by atoms with Crippen LogP contribution in [-0.2, 0) is 17.8 Å². The molecule has 1 rings (SSSR count). The van der Waals surface area contributed by atoms with Gasteiger partial charge in [-0.25, -0.2) is 9.13 Å². The molecule has 0 aliphatic heterocycles. The Kier molecular flexibility index (Phi) is 7.08. The van der Waals surface area contributed by atoms with Crippen molar-refractivity contribution in [3.05, 3.63) is 18.7 Å². The molecule has 1 heterocycles. The van der Waals surface area contributed by atoms with E-state index in [9.17, 15) is 0 Å². The lowest BCUT2D eigenvalue weighted by Crippen LogP contribution is -2.31. The molecule has 0 saturated carbocycles. The van der Waals surface area contributed by atoms with Gasteiger partial charge in [-0.05, 0) is 19.3 Å². The summed E-state index contributed by atoms with van der Waals surface area (Å²) < 4.78 is 9.75. The van der Waals surface area contributed by atoms with Crippen LogP contribution >= 0.6 is 0 Å². The van der Waals surface area contributed by atoms with E-state index in [-0.39, 0.29) is 0 Å². The molecule has 1 aromatic heterocycles. The van der Waals surface area contributed by atoms with Gasteiger partial charge < -0.3 is 4.74 Å². The minimum absolute atomic E-state index is 0.659. The molecule has 0 saturated heterocycles. The normalized spacial score (nSPS) is 10.4. The van der Waals surface area contributed by atoms with Gasteiger partial charge in [-0.3, -0.25) is 0 Å². The van der Waals surface area contributed by atoms with Crippen LogP contribution in [0.5, 0.6) is 0 Å². The first kappa shape index (κ1) is 13.7. The lowest BCUT2D eigenvalue weighted by atomic mass is 10.2. The molecule has 4 nitrogen and oxygen atoms in total. The van der Waals surface area contributed by atoms with Gasteiger partial charge in [0.15, 0.2) is 0 Å². The summed E-state index contributed by atoms with van der Waals surface area (Å²) >= 11 is 0. The Morgan fingerprint density at radius 2 is 2.24 bits per heavy atom. The first-order valence-electron chi connectivity index (χ1n) is 6.36. The average Bonchev–Trinajstić information content (AvgIpc) is 2.78. The zero-order valence-corrected chi connectivity index (χ0v) is 10.6. The van der Waals surface area contributed by atoms with Gasteiger partial charge in [0, 0.05) is 13.0 Å². The monoisotopic (exact) mass is 236 g/mol. The minimum Gasteiger partial charge on any atom is -0.377 e. The summed E-state index contributed by atoms with van der Waals surface area (Å²) in [5.41, 5.74) is 0. The molecule has 4 heteroatoms. The SMILES string of the molecule is CCCOCCn1cc[n+](CCCCC#N)c1. The van der Waals surface area contributed by atoms with E-state index in [1.807, 2.05) is 0 Å². The number of aromatic nitrogens is 2. The second-order valence-electron chi connectivity index (χ2n) is 4.12. The third-order valence-corrected chi connectivity index (χ3v) is 2.54. The molecular formula is C13H22N3O+. The number of imidazole rings is 1. The molecule has 0 aromatic carbocycles. The van der Waals surface area contributed by atoms with Crippen LogP contribution in [0, 0.1) is 11.3 Å². The minimum atomic E-state index is 0.659. The maximum Gasteiger partial charge on any atom is 0.243 e. The number of nitrogens with zero attached hydrogens (tertiary/aromatic N) is 3. The van der Waals surface area contributed by atoms with Crippen LogP contribution in [0.1, 0.15) is 32.6 Å². The summed E-state index contributed by atoms with van der Waals surface area (Å²) in [5, 5.41) is 8.43. The van der Waals surface area contributed by atoms with Crippen LogP contribution in [0.3, 0.4) is 0 Å². The highest BCUT2D eigenvalue weighted by Crippen LogP contribution is 1.94. The molecule has 0 fully saturated rings. The van der Waals surface area contributed by atoms with Gasteiger partial charge in [0.2, 0.25) is 6.33 Å². The van der Waals surface area contributed by atoms with E-state index in [0.29, 0.717) is 6.42 Å². The molecule has 1 aromatic rings. The molecule has 0 aliphatic rings. The third-order valence-electron chi connectivity index (χ3n) is 2.54. The second-order valence-corrected chi connectivity index (χ2v) is 4.12. The second kappa shape index (κ2) is 8.77. The molecule has 0 atom stereocenters. The summed E-state index contributed by atoms with van der Waals surface area (Å²) in [7, 11) is 0.